The lowest BCUT2D eigenvalue weighted by molar-refractivity contribution is -0.118. The van der Waals surface area contributed by atoms with Crippen LogP contribution in [0.2, 0.25) is 0 Å². The van der Waals surface area contributed by atoms with Gasteiger partial charge in [-0.25, -0.2) is 13.1 Å². The molecule has 0 spiro atoms. The fourth-order valence-electron chi connectivity index (χ4n) is 2.24. The zero-order valence-corrected chi connectivity index (χ0v) is 12.3. The summed E-state index contributed by atoms with van der Waals surface area (Å²) >= 11 is 0. The Morgan fingerprint density at radius 1 is 1.30 bits per heavy atom. The molecule has 2 rings (SSSR count). The van der Waals surface area contributed by atoms with Crippen LogP contribution in [-0.2, 0) is 14.8 Å². The summed E-state index contributed by atoms with van der Waals surface area (Å²) in [6, 6.07) is 5.92. The molecule has 0 radical (unpaired) electrons. The maximum Gasteiger partial charge on any atom is 0.241 e. The molecule has 1 amide bonds. The number of hydrogen-bond donors (Lipinski definition) is 3. The van der Waals surface area contributed by atoms with Crippen molar-refractivity contribution in [2.24, 2.45) is 5.92 Å². The van der Waals surface area contributed by atoms with Crippen molar-refractivity contribution in [2.45, 2.75) is 24.3 Å². The highest BCUT2D eigenvalue weighted by Crippen LogP contribution is 2.18. The second-order valence-electron chi connectivity index (χ2n) is 4.92. The van der Waals surface area contributed by atoms with Crippen LogP contribution in [0, 0.1) is 5.92 Å². The Kier molecular flexibility index (Phi) is 4.42. The number of nitrogens with one attached hydrogen (secondary N) is 3. The molecule has 1 saturated heterocycles. The highest BCUT2D eigenvalue weighted by Gasteiger charge is 2.29. The third-order valence-electron chi connectivity index (χ3n) is 3.52. The number of rotatable bonds is 4. The lowest BCUT2D eigenvalue weighted by atomic mass is 10.0. The van der Waals surface area contributed by atoms with Gasteiger partial charge in [0.05, 0.1) is 10.9 Å². The van der Waals surface area contributed by atoms with Gasteiger partial charge in [-0.15, -0.1) is 0 Å². The zero-order chi connectivity index (χ0) is 14.8. The Morgan fingerprint density at radius 2 is 1.95 bits per heavy atom. The van der Waals surface area contributed by atoms with Gasteiger partial charge in [0.2, 0.25) is 15.9 Å². The first-order chi connectivity index (χ1) is 9.44. The highest BCUT2D eigenvalue weighted by molar-refractivity contribution is 7.89. The van der Waals surface area contributed by atoms with Gasteiger partial charge in [-0.2, -0.15) is 0 Å². The first kappa shape index (κ1) is 15.0. The van der Waals surface area contributed by atoms with E-state index >= 15 is 0 Å². The minimum atomic E-state index is -3.44. The molecule has 0 aromatic heterocycles. The monoisotopic (exact) mass is 297 g/mol. The van der Waals surface area contributed by atoms with Crippen LogP contribution in [0.5, 0.6) is 0 Å². The summed E-state index contributed by atoms with van der Waals surface area (Å²) in [6.45, 7) is 2.88. The van der Waals surface area contributed by atoms with Crippen molar-refractivity contribution < 1.29 is 13.2 Å². The quantitative estimate of drug-likeness (QED) is 0.756. The van der Waals surface area contributed by atoms with E-state index in [-0.39, 0.29) is 16.8 Å². The predicted octanol–water partition coefficient (Wildman–Crippen LogP) is 0.531. The molecule has 1 aromatic rings. The fraction of sp³-hybridized carbons (Fsp3) is 0.462. The number of hydrogen-bond acceptors (Lipinski definition) is 4. The Balaban J connectivity index is 2.06. The van der Waals surface area contributed by atoms with E-state index in [9.17, 15) is 13.2 Å². The first-order valence-electron chi connectivity index (χ1n) is 6.52. The summed E-state index contributed by atoms with van der Waals surface area (Å²) < 4.78 is 25.4. The number of anilines is 1. The van der Waals surface area contributed by atoms with E-state index in [1.54, 1.807) is 12.1 Å². The van der Waals surface area contributed by atoms with Crippen molar-refractivity contribution in [3.8, 4) is 0 Å². The molecule has 1 aromatic carbocycles. The van der Waals surface area contributed by atoms with Gasteiger partial charge in [0.1, 0.15) is 0 Å². The Morgan fingerprint density at radius 3 is 2.45 bits per heavy atom. The molecule has 1 heterocycles. The number of sulfonamides is 1. The molecule has 110 valence electrons. The lowest BCUT2D eigenvalue weighted by Gasteiger charge is -2.15. The van der Waals surface area contributed by atoms with Crippen molar-refractivity contribution in [1.29, 1.82) is 0 Å². The smallest absolute Gasteiger partial charge is 0.241 e. The van der Waals surface area contributed by atoms with Crippen LogP contribution in [0.15, 0.2) is 29.2 Å². The van der Waals surface area contributed by atoms with E-state index in [0.717, 1.165) is 13.0 Å². The molecule has 6 nitrogen and oxygen atoms in total. The Hall–Kier alpha value is -1.44. The van der Waals surface area contributed by atoms with Gasteiger partial charge >= 0.3 is 0 Å². The molecule has 20 heavy (non-hydrogen) atoms. The standard InChI is InChI=1S/C13H19N3O3S/c1-9-7-8-15-12(9)13(17)16-10-3-5-11(6-4-10)20(18,19)14-2/h3-6,9,12,14-15H,7-8H2,1-2H3,(H,16,17). The van der Waals surface area contributed by atoms with Crippen LogP contribution in [0.25, 0.3) is 0 Å². The molecule has 0 saturated carbocycles. The summed E-state index contributed by atoms with van der Waals surface area (Å²) in [5.74, 6) is 0.221. The second kappa shape index (κ2) is 5.90. The van der Waals surface area contributed by atoms with E-state index < -0.39 is 10.0 Å². The number of amides is 1. The molecule has 3 N–H and O–H groups in total. The second-order valence-corrected chi connectivity index (χ2v) is 6.81. The average molecular weight is 297 g/mol. The summed E-state index contributed by atoms with van der Waals surface area (Å²) in [6.07, 6.45) is 0.984. The molecule has 1 fully saturated rings. The van der Waals surface area contributed by atoms with Crippen LogP contribution >= 0.6 is 0 Å². The normalized spacial score (nSPS) is 22.7. The highest BCUT2D eigenvalue weighted by atomic mass is 32.2. The Labute approximate surface area is 119 Å². The molecular weight excluding hydrogens is 278 g/mol. The average Bonchev–Trinajstić information content (AvgIpc) is 2.85. The van der Waals surface area contributed by atoms with Crippen molar-refractivity contribution in [3.05, 3.63) is 24.3 Å². The minimum Gasteiger partial charge on any atom is -0.325 e. The fourth-order valence-corrected chi connectivity index (χ4v) is 2.97. The molecule has 0 bridgehead atoms. The SMILES string of the molecule is CNS(=O)(=O)c1ccc(NC(=O)C2NCCC2C)cc1. The van der Waals surface area contributed by atoms with Crippen LogP contribution in [0.1, 0.15) is 13.3 Å². The summed E-state index contributed by atoms with van der Waals surface area (Å²) in [7, 11) is -2.08. The number of carbonyl (C=O) groups excluding carboxylic acids is 1. The first-order valence-corrected chi connectivity index (χ1v) is 8.00. The topological polar surface area (TPSA) is 87.3 Å². The molecule has 1 aliphatic heterocycles. The molecule has 1 aliphatic rings. The third kappa shape index (κ3) is 3.17. The van der Waals surface area contributed by atoms with Crippen LogP contribution in [0.3, 0.4) is 0 Å². The summed E-state index contributed by atoms with van der Waals surface area (Å²) in [5.41, 5.74) is 0.589. The third-order valence-corrected chi connectivity index (χ3v) is 4.95. The zero-order valence-electron chi connectivity index (χ0n) is 11.5. The van der Waals surface area contributed by atoms with E-state index in [4.69, 9.17) is 0 Å². The number of carbonyl (C=O) groups is 1. The Bertz CT molecular complexity index is 583. The molecule has 2 atom stereocenters. The van der Waals surface area contributed by atoms with Gasteiger partial charge in [-0.3, -0.25) is 4.79 Å². The van der Waals surface area contributed by atoms with E-state index in [1.807, 2.05) is 6.92 Å². The van der Waals surface area contributed by atoms with Crippen molar-refractivity contribution >= 4 is 21.6 Å². The largest absolute Gasteiger partial charge is 0.325 e. The van der Waals surface area contributed by atoms with Gasteiger partial charge in [0.15, 0.2) is 0 Å². The summed E-state index contributed by atoms with van der Waals surface area (Å²) in [5, 5.41) is 5.95. The molecular formula is C13H19N3O3S. The van der Waals surface area contributed by atoms with Gasteiger partial charge in [-0.1, -0.05) is 6.92 Å². The van der Waals surface area contributed by atoms with Crippen LogP contribution in [0.4, 0.5) is 5.69 Å². The maximum absolute atomic E-state index is 12.1. The van der Waals surface area contributed by atoms with Crippen molar-refractivity contribution in [1.82, 2.24) is 10.0 Å². The van der Waals surface area contributed by atoms with Crippen molar-refractivity contribution in [3.63, 3.8) is 0 Å². The maximum atomic E-state index is 12.1. The van der Waals surface area contributed by atoms with Gasteiger partial charge in [0.25, 0.3) is 0 Å². The predicted molar refractivity (Wildman–Crippen MR) is 76.9 cm³/mol. The minimum absolute atomic E-state index is 0.0841. The molecule has 7 heteroatoms. The van der Waals surface area contributed by atoms with E-state index in [0.29, 0.717) is 11.6 Å². The molecule has 2 unspecified atom stereocenters. The lowest BCUT2D eigenvalue weighted by Crippen LogP contribution is -2.39. The van der Waals surface area contributed by atoms with E-state index in [1.165, 1.54) is 19.2 Å². The number of benzene rings is 1. The van der Waals surface area contributed by atoms with E-state index in [2.05, 4.69) is 15.4 Å². The van der Waals surface area contributed by atoms with Gasteiger partial charge in [-0.05, 0) is 50.2 Å². The molecule has 0 aliphatic carbocycles. The summed E-state index contributed by atoms with van der Waals surface area (Å²) in [4.78, 5) is 12.2. The van der Waals surface area contributed by atoms with Crippen molar-refractivity contribution in [2.75, 3.05) is 18.9 Å². The van der Waals surface area contributed by atoms with Gasteiger partial charge < -0.3 is 10.6 Å². The van der Waals surface area contributed by atoms with Crippen LogP contribution in [-0.4, -0.2) is 34.0 Å². The van der Waals surface area contributed by atoms with Gasteiger partial charge in [0, 0.05) is 5.69 Å². The van der Waals surface area contributed by atoms with Crippen LogP contribution < -0.4 is 15.4 Å².